The molecule has 3 aromatic rings. The van der Waals surface area contributed by atoms with Gasteiger partial charge in [0, 0.05) is 11.9 Å². The molecule has 0 saturated heterocycles. The first-order chi connectivity index (χ1) is 9.29. The molecule has 0 unspecified atom stereocenters. The number of nitrogens with one attached hydrogen (secondary N) is 1. The molecule has 19 heavy (non-hydrogen) atoms. The molecule has 0 aliphatic heterocycles. The summed E-state index contributed by atoms with van der Waals surface area (Å²) in [5.74, 6) is 1.73. The van der Waals surface area contributed by atoms with Crippen LogP contribution in [-0.4, -0.2) is 16.6 Å². The lowest BCUT2D eigenvalue weighted by Crippen LogP contribution is -1.96. The van der Waals surface area contributed by atoms with Gasteiger partial charge in [0.25, 0.3) is 0 Å². The summed E-state index contributed by atoms with van der Waals surface area (Å²) in [6.07, 6.45) is 1.84. The van der Waals surface area contributed by atoms with Crippen LogP contribution in [0.4, 0.5) is 0 Å². The molecule has 3 heteroatoms. The Hall–Kier alpha value is -2.29. The fourth-order valence-electron chi connectivity index (χ4n) is 2.31. The van der Waals surface area contributed by atoms with Gasteiger partial charge in [-0.2, -0.15) is 0 Å². The molecular weight excluding hydrogens is 236 g/mol. The summed E-state index contributed by atoms with van der Waals surface area (Å²) >= 11 is 0. The summed E-state index contributed by atoms with van der Waals surface area (Å²) < 4.78 is 5.75. The van der Waals surface area contributed by atoms with Gasteiger partial charge in [0.15, 0.2) is 0 Å². The van der Waals surface area contributed by atoms with Gasteiger partial charge < -0.3 is 9.72 Å². The third-order valence-corrected chi connectivity index (χ3v) is 3.13. The Morgan fingerprint density at radius 2 is 2.00 bits per heavy atom. The highest BCUT2D eigenvalue weighted by atomic mass is 16.5. The van der Waals surface area contributed by atoms with Crippen LogP contribution in [-0.2, 0) is 0 Å². The number of rotatable bonds is 3. The van der Waals surface area contributed by atoms with E-state index in [1.165, 1.54) is 5.39 Å². The summed E-state index contributed by atoms with van der Waals surface area (Å²) in [5, 5.41) is 2.35. The van der Waals surface area contributed by atoms with Crippen LogP contribution in [0.25, 0.3) is 22.2 Å². The first-order valence-corrected chi connectivity index (χ1v) is 6.46. The van der Waals surface area contributed by atoms with Crippen LogP contribution in [0.15, 0.2) is 42.6 Å². The molecular formula is C16H16N2O. The second kappa shape index (κ2) is 4.76. The van der Waals surface area contributed by atoms with E-state index in [-0.39, 0.29) is 0 Å². The van der Waals surface area contributed by atoms with Crippen molar-refractivity contribution in [2.45, 2.75) is 13.8 Å². The van der Waals surface area contributed by atoms with Gasteiger partial charge in [-0.25, -0.2) is 4.98 Å². The van der Waals surface area contributed by atoms with E-state index >= 15 is 0 Å². The summed E-state index contributed by atoms with van der Waals surface area (Å²) in [5.41, 5.74) is 2.08. The molecule has 0 aliphatic carbocycles. The second-order valence-electron chi connectivity index (χ2n) is 4.51. The van der Waals surface area contributed by atoms with Crippen LogP contribution < -0.4 is 4.74 Å². The maximum atomic E-state index is 5.75. The van der Waals surface area contributed by atoms with Crippen LogP contribution in [0, 0.1) is 6.92 Å². The van der Waals surface area contributed by atoms with Crippen LogP contribution >= 0.6 is 0 Å². The zero-order valence-electron chi connectivity index (χ0n) is 11.1. The SMILES string of the molecule is CCOc1ccc2ccccc2c1-c1ncc(C)[nH]1. The van der Waals surface area contributed by atoms with Crippen LogP contribution in [0.2, 0.25) is 0 Å². The molecule has 0 aliphatic rings. The van der Waals surface area contributed by atoms with Crippen LogP contribution in [0.1, 0.15) is 12.6 Å². The summed E-state index contributed by atoms with van der Waals surface area (Å²) in [6, 6.07) is 12.4. The van der Waals surface area contributed by atoms with E-state index in [1.807, 2.05) is 38.2 Å². The van der Waals surface area contributed by atoms with Crippen molar-refractivity contribution in [2.24, 2.45) is 0 Å². The minimum Gasteiger partial charge on any atom is -0.493 e. The minimum atomic E-state index is 0.644. The third kappa shape index (κ3) is 2.08. The van der Waals surface area contributed by atoms with Gasteiger partial charge in [0.1, 0.15) is 11.6 Å². The summed E-state index contributed by atoms with van der Waals surface area (Å²) in [6.45, 7) is 4.64. The first-order valence-electron chi connectivity index (χ1n) is 6.46. The van der Waals surface area contributed by atoms with E-state index in [0.717, 1.165) is 28.2 Å². The average molecular weight is 252 g/mol. The minimum absolute atomic E-state index is 0.644. The number of fused-ring (bicyclic) bond motifs is 1. The Morgan fingerprint density at radius 1 is 1.16 bits per heavy atom. The van der Waals surface area contributed by atoms with Crippen molar-refractivity contribution in [3.8, 4) is 17.1 Å². The molecule has 0 atom stereocenters. The lowest BCUT2D eigenvalue weighted by molar-refractivity contribution is 0.342. The van der Waals surface area contributed by atoms with E-state index in [9.17, 15) is 0 Å². The predicted octanol–water partition coefficient (Wildman–Crippen LogP) is 3.94. The Morgan fingerprint density at radius 3 is 2.74 bits per heavy atom. The van der Waals surface area contributed by atoms with E-state index in [4.69, 9.17) is 4.74 Å². The molecule has 3 rings (SSSR count). The molecule has 0 spiro atoms. The topological polar surface area (TPSA) is 37.9 Å². The summed E-state index contributed by atoms with van der Waals surface area (Å²) in [7, 11) is 0. The van der Waals surface area contributed by atoms with Crippen molar-refractivity contribution in [1.29, 1.82) is 0 Å². The average Bonchev–Trinajstić information content (AvgIpc) is 2.85. The zero-order chi connectivity index (χ0) is 13.2. The molecule has 96 valence electrons. The van der Waals surface area contributed by atoms with Crippen molar-refractivity contribution in [3.63, 3.8) is 0 Å². The van der Waals surface area contributed by atoms with Gasteiger partial charge in [-0.05, 0) is 30.7 Å². The van der Waals surface area contributed by atoms with Gasteiger partial charge in [0.05, 0.1) is 12.2 Å². The number of imidazole rings is 1. The lowest BCUT2D eigenvalue weighted by atomic mass is 10.0. The number of aryl methyl sites for hydroxylation is 1. The molecule has 0 radical (unpaired) electrons. The first kappa shape index (κ1) is 11.8. The molecule has 0 fully saturated rings. The van der Waals surface area contributed by atoms with Gasteiger partial charge >= 0.3 is 0 Å². The number of ether oxygens (including phenoxy) is 1. The van der Waals surface area contributed by atoms with E-state index in [1.54, 1.807) is 0 Å². The summed E-state index contributed by atoms with van der Waals surface area (Å²) in [4.78, 5) is 7.74. The van der Waals surface area contributed by atoms with E-state index in [0.29, 0.717) is 6.61 Å². The Balaban J connectivity index is 2.31. The number of nitrogens with zero attached hydrogens (tertiary/aromatic N) is 1. The molecule has 0 saturated carbocycles. The highest BCUT2D eigenvalue weighted by molar-refractivity contribution is 5.98. The second-order valence-corrected chi connectivity index (χ2v) is 4.51. The van der Waals surface area contributed by atoms with Gasteiger partial charge in [-0.15, -0.1) is 0 Å². The Kier molecular flexibility index (Phi) is 2.95. The van der Waals surface area contributed by atoms with Gasteiger partial charge in [-0.1, -0.05) is 30.3 Å². The maximum Gasteiger partial charge on any atom is 0.141 e. The van der Waals surface area contributed by atoms with Gasteiger partial charge in [0.2, 0.25) is 0 Å². The van der Waals surface area contributed by atoms with E-state index < -0.39 is 0 Å². The monoisotopic (exact) mass is 252 g/mol. The molecule has 3 nitrogen and oxygen atoms in total. The van der Waals surface area contributed by atoms with Crippen molar-refractivity contribution >= 4 is 10.8 Å². The molecule has 0 amide bonds. The third-order valence-electron chi connectivity index (χ3n) is 3.13. The van der Waals surface area contributed by atoms with Crippen molar-refractivity contribution < 1.29 is 4.74 Å². The fraction of sp³-hybridized carbons (Fsp3) is 0.188. The maximum absolute atomic E-state index is 5.75. The predicted molar refractivity (Wildman–Crippen MR) is 77.4 cm³/mol. The Bertz CT molecular complexity index is 716. The molecule has 1 N–H and O–H groups in total. The largest absolute Gasteiger partial charge is 0.493 e. The molecule has 0 bridgehead atoms. The van der Waals surface area contributed by atoms with Crippen LogP contribution in [0.3, 0.4) is 0 Å². The van der Waals surface area contributed by atoms with Crippen molar-refractivity contribution in [1.82, 2.24) is 9.97 Å². The van der Waals surface area contributed by atoms with E-state index in [2.05, 4.69) is 28.2 Å². The number of benzene rings is 2. The van der Waals surface area contributed by atoms with Crippen LogP contribution in [0.5, 0.6) is 5.75 Å². The molecule has 1 heterocycles. The fourth-order valence-corrected chi connectivity index (χ4v) is 2.31. The number of aromatic nitrogens is 2. The zero-order valence-corrected chi connectivity index (χ0v) is 11.1. The van der Waals surface area contributed by atoms with Crippen molar-refractivity contribution in [2.75, 3.05) is 6.61 Å². The quantitative estimate of drug-likeness (QED) is 0.766. The molecule has 1 aromatic heterocycles. The Labute approximate surface area is 112 Å². The molecule has 2 aromatic carbocycles. The number of hydrogen-bond donors (Lipinski definition) is 1. The number of aromatic amines is 1. The number of hydrogen-bond acceptors (Lipinski definition) is 2. The lowest BCUT2D eigenvalue weighted by Gasteiger charge is -2.11. The standard InChI is InChI=1S/C16H16N2O/c1-3-19-14-9-8-12-6-4-5-7-13(12)15(14)16-17-10-11(2)18-16/h4-10H,3H2,1-2H3,(H,17,18). The highest BCUT2D eigenvalue weighted by Gasteiger charge is 2.13. The van der Waals surface area contributed by atoms with Gasteiger partial charge in [-0.3, -0.25) is 0 Å². The highest BCUT2D eigenvalue weighted by Crippen LogP contribution is 2.35. The number of H-pyrrole nitrogens is 1. The van der Waals surface area contributed by atoms with Crippen molar-refractivity contribution in [3.05, 3.63) is 48.3 Å². The smallest absolute Gasteiger partial charge is 0.141 e. The normalized spacial score (nSPS) is 10.8.